The molecular weight excluding hydrogens is 320 g/mol. The lowest BCUT2D eigenvalue weighted by Crippen LogP contribution is -2.47. The molecule has 0 unspecified atom stereocenters. The third-order valence-corrected chi connectivity index (χ3v) is 5.13. The maximum absolute atomic E-state index is 5.45. The summed E-state index contributed by atoms with van der Waals surface area (Å²) in [5, 5.41) is 7.57. The van der Waals surface area contributed by atoms with Crippen molar-refractivity contribution in [1.82, 2.24) is 5.32 Å². The number of aryl methyl sites for hydroxylation is 1. The van der Waals surface area contributed by atoms with Crippen molar-refractivity contribution in [1.29, 1.82) is 0 Å². The number of hydrogen-bond acceptors (Lipinski definition) is 1. The Labute approximate surface area is 129 Å². The molecule has 1 aliphatic rings. The van der Waals surface area contributed by atoms with Gasteiger partial charge in [0.25, 0.3) is 0 Å². The summed E-state index contributed by atoms with van der Waals surface area (Å²) in [5.41, 5.74) is 2.47. The quantitative estimate of drug-likeness (QED) is 0.775. The zero-order valence-electron chi connectivity index (χ0n) is 11.6. The van der Waals surface area contributed by atoms with Crippen LogP contribution in [0.15, 0.2) is 22.7 Å². The molecule has 104 valence electrons. The zero-order valence-corrected chi connectivity index (χ0v) is 14.0. The highest BCUT2D eigenvalue weighted by Gasteiger charge is 2.32. The first-order chi connectivity index (χ1) is 9.04. The van der Waals surface area contributed by atoms with Crippen molar-refractivity contribution < 1.29 is 0 Å². The number of hydrogen-bond donors (Lipinski definition) is 2. The first kappa shape index (κ1) is 14.8. The fraction of sp³-hybridized carbons (Fsp3) is 0.533. The number of halogens is 1. The van der Waals surface area contributed by atoms with Crippen molar-refractivity contribution in [2.24, 2.45) is 0 Å². The van der Waals surface area contributed by atoms with Crippen LogP contribution >= 0.6 is 28.1 Å². The van der Waals surface area contributed by atoms with E-state index in [0.29, 0.717) is 0 Å². The molecule has 0 aliphatic heterocycles. The summed E-state index contributed by atoms with van der Waals surface area (Å²) in [4.78, 5) is 0. The molecule has 1 fully saturated rings. The maximum Gasteiger partial charge on any atom is 0.171 e. The molecule has 0 saturated heterocycles. The smallest absolute Gasteiger partial charge is 0.171 e. The van der Waals surface area contributed by atoms with Gasteiger partial charge in [-0.05, 0) is 62.2 Å². The van der Waals surface area contributed by atoms with E-state index in [4.69, 9.17) is 12.2 Å². The van der Waals surface area contributed by atoms with Gasteiger partial charge in [-0.3, -0.25) is 0 Å². The Balaban J connectivity index is 1.99. The molecule has 0 aromatic heterocycles. The van der Waals surface area contributed by atoms with Gasteiger partial charge < -0.3 is 10.6 Å². The van der Waals surface area contributed by atoms with Crippen LogP contribution in [0, 0.1) is 6.92 Å². The van der Waals surface area contributed by atoms with E-state index in [1.165, 1.54) is 31.2 Å². The van der Waals surface area contributed by atoms with Gasteiger partial charge in [-0.25, -0.2) is 0 Å². The second-order valence-corrected chi connectivity index (χ2v) is 6.65. The van der Waals surface area contributed by atoms with Gasteiger partial charge >= 0.3 is 0 Å². The van der Waals surface area contributed by atoms with Crippen LogP contribution in [0.5, 0.6) is 0 Å². The van der Waals surface area contributed by atoms with Gasteiger partial charge in [0, 0.05) is 15.7 Å². The van der Waals surface area contributed by atoms with E-state index in [9.17, 15) is 0 Å². The maximum atomic E-state index is 5.45. The highest BCUT2D eigenvalue weighted by Crippen LogP contribution is 2.32. The van der Waals surface area contributed by atoms with Crippen molar-refractivity contribution in [3.05, 3.63) is 28.2 Å². The summed E-state index contributed by atoms with van der Waals surface area (Å²) in [5.74, 6) is 0. The number of benzene rings is 1. The van der Waals surface area contributed by atoms with Gasteiger partial charge in [-0.1, -0.05) is 35.7 Å². The lowest BCUT2D eigenvalue weighted by molar-refractivity contribution is 0.378. The molecule has 0 radical (unpaired) electrons. The van der Waals surface area contributed by atoms with Crippen molar-refractivity contribution in [3.63, 3.8) is 0 Å². The topological polar surface area (TPSA) is 24.1 Å². The van der Waals surface area contributed by atoms with Crippen LogP contribution in [0.1, 0.15) is 44.6 Å². The minimum atomic E-state index is 0.217. The van der Waals surface area contributed by atoms with E-state index in [0.717, 1.165) is 21.7 Å². The average molecular weight is 341 g/mol. The Bertz CT molecular complexity index is 467. The van der Waals surface area contributed by atoms with E-state index in [1.54, 1.807) is 0 Å². The molecular formula is C15H21BrN2S. The van der Waals surface area contributed by atoms with Gasteiger partial charge in [0.1, 0.15) is 0 Å². The average Bonchev–Trinajstić information content (AvgIpc) is 2.83. The molecule has 1 aromatic carbocycles. The van der Waals surface area contributed by atoms with Crippen LogP contribution in [0.25, 0.3) is 0 Å². The second kappa shape index (κ2) is 6.23. The van der Waals surface area contributed by atoms with E-state index < -0.39 is 0 Å². The highest BCUT2D eigenvalue weighted by atomic mass is 79.9. The van der Waals surface area contributed by atoms with Crippen molar-refractivity contribution in [3.8, 4) is 0 Å². The van der Waals surface area contributed by atoms with Gasteiger partial charge in [0.2, 0.25) is 0 Å². The van der Waals surface area contributed by atoms with E-state index in [1.807, 2.05) is 12.1 Å². The Hall–Kier alpha value is -0.610. The van der Waals surface area contributed by atoms with Gasteiger partial charge in [-0.2, -0.15) is 0 Å². The predicted octanol–water partition coefficient (Wildman–Crippen LogP) is 4.77. The van der Waals surface area contributed by atoms with E-state index >= 15 is 0 Å². The van der Waals surface area contributed by atoms with Crippen LogP contribution in [0.4, 0.5) is 5.69 Å². The Morgan fingerprint density at radius 3 is 2.63 bits per heavy atom. The third-order valence-electron chi connectivity index (χ3n) is 4.03. The third kappa shape index (κ3) is 3.69. The molecule has 2 nitrogen and oxygen atoms in total. The summed E-state index contributed by atoms with van der Waals surface area (Å²) >= 11 is 8.96. The van der Waals surface area contributed by atoms with Crippen LogP contribution in [-0.4, -0.2) is 10.7 Å². The molecule has 0 amide bonds. The summed E-state index contributed by atoms with van der Waals surface area (Å²) in [6, 6.07) is 6.19. The molecule has 19 heavy (non-hydrogen) atoms. The number of nitrogens with one attached hydrogen (secondary N) is 2. The molecule has 0 bridgehead atoms. The molecule has 0 atom stereocenters. The second-order valence-electron chi connectivity index (χ2n) is 5.38. The van der Waals surface area contributed by atoms with E-state index in [-0.39, 0.29) is 5.54 Å². The molecule has 1 aromatic rings. The Morgan fingerprint density at radius 1 is 1.37 bits per heavy atom. The molecule has 0 heterocycles. The normalized spacial score (nSPS) is 17.2. The van der Waals surface area contributed by atoms with Crippen molar-refractivity contribution in [2.45, 2.75) is 51.5 Å². The number of anilines is 1. The number of thiocarbonyl (C=S) groups is 1. The summed E-state index contributed by atoms with van der Waals surface area (Å²) in [6.45, 7) is 4.32. The van der Waals surface area contributed by atoms with Crippen LogP contribution in [-0.2, 0) is 0 Å². The van der Waals surface area contributed by atoms with Crippen molar-refractivity contribution >= 4 is 38.9 Å². The molecule has 1 aliphatic carbocycles. The van der Waals surface area contributed by atoms with Crippen LogP contribution in [0.3, 0.4) is 0 Å². The lowest BCUT2D eigenvalue weighted by atomic mass is 9.95. The highest BCUT2D eigenvalue weighted by molar-refractivity contribution is 9.10. The molecule has 1 saturated carbocycles. The minimum absolute atomic E-state index is 0.217. The van der Waals surface area contributed by atoms with Gasteiger partial charge in [0.15, 0.2) is 5.11 Å². The largest absolute Gasteiger partial charge is 0.357 e. The minimum Gasteiger partial charge on any atom is -0.357 e. The fourth-order valence-electron chi connectivity index (χ4n) is 2.74. The monoisotopic (exact) mass is 340 g/mol. The molecule has 2 N–H and O–H groups in total. The Morgan fingerprint density at radius 2 is 2.05 bits per heavy atom. The first-order valence-corrected chi connectivity index (χ1v) is 8.10. The Kier molecular flexibility index (Phi) is 4.85. The van der Waals surface area contributed by atoms with Crippen LogP contribution in [0.2, 0.25) is 0 Å². The molecule has 2 rings (SSSR count). The van der Waals surface area contributed by atoms with Gasteiger partial charge in [0.05, 0.1) is 0 Å². The summed E-state index contributed by atoms with van der Waals surface area (Å²) in [7, 11) is 0. The zero-order chi connectivity index (χ0) is 13.9. The van der Waals surface area contributed by atoms with E-state index in [2.05, 4.69) is 46.5 Å². The summed E-state index contributed by atoms with van der Waals surface area (Å²) in [6.07, 6.45) is 6.20. The van der Waals surface area contributed by atoms with Crippen LogP contribution < -0.4 is 10.6 Å². The lowest BCUT2D eigenvalue weighted by Gasteiger charge is -2.30. The SMILES string of the molecule is CCC1(NC(=S)Nc2ccc(Br)c(C)c2)CCCC1. The fourth-order valence-corrected chi connectivity index (χ4v) is 3.33. The molecule has 4 heteroatoms. The van der Waals surface area contributed by atoms with Crippen molar-refractivity contribution in [2.75, 3.05) is 5.32 Å². The number of rotatable bonds is 3. The standard InChI is InChI=1S/C15H21BrN2S/c1-3-15(8-4-5-9-15)18-14(19)17-12-6-7-13(16)11(2)10-12/h6-7,10H,3-5,8-9H2,1-2H3,(H2,17,18,19). The van der Waals surface area contributed by atoms with Gasteiger partial charge in [-0.15, -0.1) is 0 Å². The summed E-state index contributed by atoms with van der Waals surface area (Å²) < 4.78 is 1.12. The first-order valence-electron chi connectivity index (χ1n) is 6.90. The molecule has 0 spiro atoms. The predicted molar refractivity (Wildman–Crippen MR) is 89.7 cm³/mol.